The van der Waals surface area contributed by atoms with Gasteiger partial charge in [0.1, 0.15) is 0 Å². The highest BCUT2D eigenvalue weighted by Crippen LogP contribution is 2.41. The molecule has 0 aliphatic heterocycles. The van der Waals surface area contributed by atoms with Crippen LogP contribution in [0.5, 0.6) is 0 Å². The second-order valence-corrected chi connectivity index (χ2v) is 12.6. The molecule has 0 unspecified atom stereocenters. The van der Waals surface area contributed by atoms with E-state index in [1.54, 1.807) is 0 Å². The molecule has 0 aliphatic rings. The van der Waals surface area contributed by atoms with Crippen molar-refractivity contribution in [3.8, 4) is 11.4 Å². The summed E-state index contributed by atoms with van der Waals surface area (Å²) in [5, 5.41) is 7.51. The van der Waals surface area contributed by atoms with Crippen LogP contribution >= 0.6 is 0 Å². The average molecular weight is 626 g/mol. The first-order valence-electron chi connectivity index (χ1n) is 16.8. The smallest absolute Gasteiger partial charge is 0.0562 e. The first-order chi connectivity index (χ1) is 24.3. The largest absolute Gasteiger partial charge is 0.311 e. The van der Waals surface area contributed by atoms with Crippen molar-refractivity contribution >= 4 is 71.4 Å². The van der Waals surface area contributed by atoms with Crippen LogP contribution in [0.4, 0.5) is 17.1 Å². The number of hydrogen-bond acceptors (Lipinski definition) is 1. The molecule has 0 bridgehead atoms. The van der Waals surface area contributed by atoms with Crippen LogP contribution in [0.3, 0.4) is 0 Å². The minimum atomic E-state index is 1.11. The first-order valence-corrected chi connectivity index (χ1v) is 16.8. The van der Waals surface area contributed by atoms with Crippen LogP contribution in [0.2, 0.25) is 0 Å². The van der Waals surface area contributed by atoms with Crippen molar-refractivity contribution in [2.75, 3.05) is 4.90 Å². The zero-order valence-corrected chi connectivity index (χ0v) is 26.7. The van der Waals surface area contributed by atoms with Crippen LogP contribution in [-0.2, 0) is 0 Å². The molecular formula is C46H31N3. The van der Waals surface area contributed by atoms with Crippen molar-refractivity contribution in [1.29, 1.82) is 0 Å². The molecule has 0 radical (unpaired) electrons. The van der Waals surface area contributed by atoms with Crippen LogP contribution in [0.15, 0.2) is 188 Å². The van der Waals surface area contributed by atoms with E-state index in [1.165, 1.54) is 54.4 Å². The summed E-state index contributed by atoms with van der Waals surface area (Å²) in [5.41, 5.74) is 10.4. The number of para-hydroxylation sites is 4. The SMILES string of the molecule is c1ccc(N(c2ccccc2)c2ccc(-n3c4cc5ccccc5cc4c4cc5c6ccccc6n(-c6ccccc6)c5cc43)cc2)cc1. The Morgan fingerprint density at radius 1 is 0.286 bits per heavy atom. The molecule has 2 heterocycles. The molecule has 230 valence electrons. The molecule has 0 amide bonds. The van der Waals surface area contributed by atoms with Crippen LogP contribution in [-0.4, -0.2) is 9.13 Å². The zero-order valence-electron chi connectivity index (χ0n) is 26.7. The maximum absolute atomic E-state index is 2.45. The highest BCUT2D eigenvalue weighted by molar-refractivity contribution is 6.20. The fourth-order valence-electron chi connectivity index (χ4n) is 7.65. The molecule has 3 nitrogen and oxygen atoms in total. The van der Waals surface area contributed by atoms with Crippen molar-refractivity contribution in [2.24, 2.45) is 0 Å². The molecule has 3 heteroatoms. The minimum Gasteiger partial charge on any atom is -0.311 e. The number of anilines is 3. The summed E-state index contributed by atoms with van der Waals surface area (Å²) in [7, 11) is 0. The van der Waals surface area contributed by atoms with Gasteiger partial charge in [0, 0.05) is 50.0 Å². The van der Waals surface area contributed by atoms with Gasteiger partial charge >= 0.3 is 0 Å². The zero-order chi connectivity index (χ0) is 32.3. The Kier molecular flexibility index (Phi) is 6.18. The predicted octanol–water partition coefficient (Wildman–Crippen LogP) is 12.5. The standard InChI is InChI=1S/C46H31N3/c1-4-16-34(17-5-1)47(35-18-6-2-7-19-35)37-24-26-38(27-25-37)49-44-29-33-15-11-10-14-32(33)28-40(44)42-30-41-39-22-12-13-23-43(39)48(45(41)31-46(42)49)36-20-8-3-9-21-36/h1-31H. The maximum Gasteiger partial charge on any atom is 0.0562 e. The van der Waals surface area contributed by atoms with Crippen molar-refractivity contribution in [1.82, 2.24) is 9.13 Å². The normalized spacial score (nSPS) is 11.7. The predicted molar refractivity (Wildman–Crippen MR) is 207 cm³/mol. The van der Waals surface area contributed by atoms with Gasteiger partial charge < -0.3 is 14.0 Å². The van der Waals surface area contributed by atoms with E-state index in [1.807, 2.05) is 0 Å². The molecule has 49 heavy (non-hydrogen) atoms. The van der Waals surface area contributed by atoms with E-state index in [4.69, 9.17) is 0 Å². The van der Waals surface area contributed by atoms with Crippen molar-refractivity contribution in [3.05, 3.63) is 188 Å². The van der Waals surface area contributed by atoms with E-state index in [0.29, 0.717) is 0 Å². The Morgan fingerprint density at radius 3 is 1.41 bits per heavy atom. The van der Waals surface area contributed by atoms with Crippen LogP contribution in [0.1, 0.15) is 0 Å². The Bertz CT molecular complexity index is 2750. The van der Waals surface area contributed by atoms with Crippen molar-refractivity contribution in [2.45, 2.75) is 0 Å². The van der Waals surface area contributed by atoms with Gasteiger partial charge in [-0.05, 0) is 102 Å². The molecule has 0 N–H and O–H groups in total. The second-order valence-electron chi connectivity index (χ2n) is 12.6. The van der Waals surface area contributed by atoms with Crippen LogP contribution < -0.4 is 4.90 Å². The van der Waals surface area contributed by atoms with Gasteiger partial charge in [0.25, 0.3) is 0 Å². The summed E-state index contributed by atoms with van der Waals surface area (Å²) < 4.78 is 4.85. The first kappa shape index (κ1) is 27.5. The van der Waals surface area contributed by atoms with E-state index in [9.17, 15) is 0 Å². The summed E-state index contributed by atoms with van der Waals surface area (Å²) in [6, 6.07) is 67.9. The number of aromatic nitrogens is 2. The average Bonchev–Trinajstić information content (AvgIpc) is 3.66. The molecular weight excluding hydrogens is 595 g/mol. The summed E-state index contributed by atoms with van der Waals surface area (Å²) in [6.07, 6.45) is 0. The summed E-state index contributed by atoms with van der Waals surface area (Å²) >= 11 is 0. The molecule has 10 aromatic rings. The molecule has 2 aromatic heterocycles. The number of hydrogen-bond donors (Lipinski definition) is 0. The number of rotatable bonds is 5. The van der Waals surface area contributed by atoms with Crippen molar-refractivity contribution < 1.29 is 0 Å². The highest BCUT2D eigenvalue weighted by Gasteiger charge is 2.20. The lowest BCUT2D eigenvalue weighted by molar-refractivity contribution is 1.16. The fourth-order valence-corrected chi connectivity index (χ4v) is 7.65. The van der Waals surface area contributed by atoms with Gasteiger partial charge in [-0.25, -0.2) is 0 Å². The summed E-state index contributed by atoms with van der Waals surface area (Å²) in [4.78, 5) is 2.31. The molecule has 0 saturated heterocycles. The Hall–Kier alpha value is -6.58. The minimum absolute atomic E-state index is 1.11. The van der Waals surface area contributed by atoms with E-state index in [0.717, 1.165) is 28.4 Å². The summed E-state index contributed by atoms with van der Waals surface area (Å²) in [5.74, 6) is 0. The Labute approximate surface area is 284 Å². The molecule has 10 rings (SSSR count). The highest BCUT2D eigenvalue weighted by atomic mass is 15.1. The fraction of sp³-hybridized carbons (Fsp3) is 0. The molecule has 8 aromatic carbocycles. The molecule has 0 saturated carbocycles. The lowest BCUT2D eigenvalue weighted by atomic mass is 10.0. The van der Waals surface area contributed by atoms with Crippen LogP contribution in [0.25, 0.3) is 65.8 Å². The van der Waals surface area contributed by atoms with Crippen molar-refractivity contribution in [3.63, 3.8) is 0 Å². The van der Waals surface area contributed by atoms with Gasteiger partial charge in [0.2, 0.25) is 0 Å². The quantitative estimate of drug-likeness (QED) is 0.185. The third-order valence-corrected chi connectivity index (χ3v) is 9.84. The third-order valence-electron chi connectivity index (χ3n) is 9.84. The van der Waals surface area contributed by atoms with Gasteiger partial charge in [0.15, 0.2) is 0 Å². The third kappa shape index (κ3) is 4.37. The Morgan fingerprint density at radius 2 is 0.735 bits per heavy atom. The lowest BCUT2D eigenvalue weighted by Gasteiger charge is -2.25. The van der Waals surface area contributed by atoms with E-state index < -0.39 is 0 Å². The van der Waals surface area contributed by atoms with E-state index in [2.05, 4.69) is 202 Å². The van der Waals surface area contributed by atoms with Gasteiger partial charge in [-0.2, -0.15) is 0 Å². The topological polar surface area (TPSA) is 13.1 Å². The summed E-state index contributed by atoms with van der Waals surface area (Å²) in [6.45, 7) is 0. The number of fused-ring (bicyclic) bond motifs is 7. The number of nitrogens with zero attached hydrogens (tertiary/aromatic N) is 3. The lowest BCUT2D eigenvalue weighted by Crippen LogP contribution is -2.09. The second kappa shape index (κ2) is 11.0. The van der Waals surface area contributed by atoms with Gasteiger partial charge in [-0.1, -0.05) is 97.1 Å². The molecule has 0 spiro atoms. The van der Waals surface area contributed by atoms with Gasteiger partial charge in [-0.3, -0.25) is 0 Å². The van der Waals surface area contributed by atoms with E-state index in [-0.39, 0.29) is 0 Å². The molecule has 0 aliphatic carbocycles. The maximum atomic E-state index is 2.45. The molecule has 0 fully saturated rings. The monoisotopic (exact) mass is 625 g/mol. The van der Waals surface area contributed by atoms with Gasteiger partial charge in [-0.15, -0.1) is 0 Å². The van der Waals surface area contributed by atoms with Crippen LogP contribution in [0, 0.1) is 0 Å². The Balaban J connectivity index is 1.25. The molecule has 0 atom stereocenters. The van der Waals surface area contributed by atoms with Gasteiger partial charge in [0.05, 0.1) is 22.1 Å². The van der Waals surface area contributed by atoms with E-state index >= 15 is 0 Å². The number of benzene rings is 8.